The summed E-state index contributed by atoms with van der Waals surface area (Å²) in [5, 5.41) is 37.8. The minimum absolute atomic E-state index is 0.0233. The number of carbonyl (C=O) groups excluding carboxylic acids is 1. The predicted molar refractivity (Wildman–Crippen MR) is 126 cm³/mol. The van der Waals surface area contributed by atoms with Gasteiger partial charge in [-0.1, -0.05) is 10.4 Å². The van der Waals surface area contributed by atoms with E-state index in [1.54, 1.807) is 48.8 Å². The minimum atomic E-state index is -0.478. The topological polar surface area (TPSA) is 165 Å². The Balaban J connectivity index is 1.30. The van der Waals surface area contributed by atoms with Crippen molar-refractivity contribution >= 4 is 29.3 Å². The monoisotopic (exact) mass is 484 g/mol. The zero-order chi connectivity index (χ0) is 25.2. The average molecular weight is 484 g/mol. The van der Waals surface area contributed by atoms with Crippen LogP contribution in [-0.2, 0) is 4.79 Å². The van der Waals surface area contributed by atoms with Crippen molar-refractivity contribution in [1.29, 1.82) is 0 Å². The number of aromatic nitrogens is 6. The number of Topliss-reactive ketones (excluding diaryl/α,β-unsaturated/α-hetero) is 1. The van der Waals surface area contributed by atoms with E-state index in [-0.39, 0.29) is 17.2 Å². The Labute approximate surface area is 202 Å². The van der Waals surface area contributed by atoms with Gasteiger partial charge in [0.05, 0.1) is 33.6 Å². The summed E-state index contributed by atoms with van der Waals surface area (Å²) in [4.78, 5) is 33.6. The third-order valence-corrected chi connectivity index (χ3v) is 5.56. The quantitative estimate of drug-likeness (QED) is 0.226. The molecule has 1 aliphatic carbocycles. The molecule has 1 fully saturated rings. The van der Waals surface area contributed by atoms with Crippen LogP contribution < -0.4 is 0 Å². The Bertz CT molecular complexity index is 1430. The summed E-state index contributed by atoms with van der Waals surface area (Å²) in [6, 6.07) is 11.8. The number of nitro benzene ring substituents is 2. The van der Waals surface area contributed by atoms with Gasteiger partial charge >= 0.3 is 0 Å². The summed E-state index contributed by atoms with van der Waals surface area (Å²) in [5.74, 6) is -0.121. The summed E-state index contributed by atoms with van der Waals surface area (Å²) >= 11 is 0. The molecule has 178 valence electrons. The highest BCUT2D eigenvalue weighted by molar-refractivity contribution is 6.15. The third kappa shape index (κ3) is 4.52. The summed E-state index contributed by atoms with van der Waals surface area (Å²) in [6.45, 7) is 0. The fourth-order valence-corrected chi connectivity index (χ4v) is 3.73. The van der Waals surface area contributed by atoms with Crippen LogP contribution in [0.25, 0.3) is 23.5 Å². The van der Waals surface area contributed by atoms with Crippen LogP contribution in [0.3, 0.4) is 0 Å². The Morgan fingerprint density at radius 1 is 0.694 bits per heavy atom. The highest BCUT2D eigenvalue weighted by atomic mass is 16.6. The second-order valence-electron chi connectivity index (χ2n) is 7.89. The second kappa shape index (κ2) is 9.13. The maximum absolute atomic E-state index is 12.9. The molecule has 0 bridgehead atoms. The fourth-order valence-electron chi connectivity index (χ4n) is 3.73. The number of benzene rings is 2. The molecule has 2 aromatic carbocycles. The van der Waals surface area contributed by atoms with Crippen LogP contribution in [0.4, 0.5) is 11.4 Å². The molecule has 0 radical (unpaired) electrons. The number of nitrogens with zero attached hydrogens (tertiary/aromatic N) is 8. The van der Waals surface area contributed by atoms with Crippen LogP contribution in [0.5, 0.6) is 0 Å². The molecule has 0 atom stereocenters. The van der Waals surface area contributed by atoms with Crippen molar-refractivity contribution in [3.8, 4) is 11.4 Å². The molecule has 13 nitrogen and oxygen atoms in total. The lowest BCUT2D eigenvalue weighted by molar-refractivity contribution is -0.385. The minimum Gasteiger partial charge on any atom is -0.289 e. The van der Waals surface area contributed by atoms with Gasteiger partial charge in [0.2, 0.25) is 0 Å². The lowest BCUT2D eigenvalue weighted by Crippen LogP contribution is -1.96. The lowest BCUT2D eigenvalue weighted by atomic mass is 10.1. The molecule has 1 aliphatic rings. The Kier molecular flexibility index (Phi) is 5.70. The highest BCUT2D eigenvalue weighted by Gasteiger charge is 2.24. The van der Waals surface area contributed by atoms with Gasteiger partial charge in [0.25, 0.3) is 11.4 Å². The number of nitro groups is 2. The van der Waals surface area contributed by atoms with Crippen LogP contribution in [0.15, 0.2) is 72.1 Å². The van der Waals surface area contributed by atoms with Crippen molar-refractivity contribution in [2.75, 3.05) is 0 Å². The lowest BCUT2D eigenvalue weighted by Gasteiger charge is -1.98. The molecule has 2 heterocycles. The third-order valence-electron chi connectivity index (χ3n) is 5.56. The Morgan fingerprint density at radius 3 is 1.44 bits per heavy atom. The van der Waals surface area contributed by atoms with Crippen molar-refractivity contribution in [2.45, 2.75) is 12.8 Å². The first-order valence-electron chi connectivity index (χ1n) is 10.7. The van der Waals surface area contributed by atoms with Gasteiger partial charge in [0, 0.05) is 35.4 Å². The molecule has 5 rings (SSSR count). The second-order valence-corrected chi connectivity index (χ2v) is 7.89. The number of rotatable bonds is 6. The summed E-state index contributed by atoms with van der Waals surface area (Å²) in [6.07, 6.45) is 7.69. The van der Waals surface area contributed by atoms with E-state index < -0.39 is 9.85 Å². The van der Waals surface area contributed by atoms with Gasteiger partial charge in [-0.2, -0.15) is 0 Å². The standard InChI is InChI=1S/C23H16N8O5/c32-23-15(11-17-13-28(26-24-17)19-3-7-21(8-4-19)30(33)34)1-2-16(23)12-18-14-29(27-25-18)20-5-9-22(10-6-20)31(35)36/h3-14H,1-2H2/b15-11+,16-12+. The SMILES string of the molecule is O=C1/C(=C/c2cn(-c3ccc([N+](=O)[O-])cc3)nn2)CC/C1=C\c1cn(-c2ccc([N+](=O)[O-])cc2)nn1. The van der Waals surface area contributed by atoms with Gasteiger partial charge in [0.15, 0.2) is 5.78 Å². The van der Waals surface area contributed by atoms with Crippen LogP contribution in [-0.4, -0.2) is 45.6 Å². The molecule has 0 spiro atoms. The number of hydrogen-bond donors (Lipinski definition) is 0. The molecule has 2 aromatic heterocycles. The first-order chi connectivity index (χ1) is 17.4. The highest BCUT2D eigenvalue weighted by Crippen LogP contribution is 2.29. The number of non-ortho nitro benzene ring substituents is 2. The van der Waals surface area contributed by atoms with Crippen molar-refractivity contribution < 1.29 is 14.6 Å². The van der Waals surface area contributed by atoms with Gasteiger partial charge < -0.3 is 0 Å². The van der Waals surface area contributed by atoms with Crippen molar-refractivity contribution in [3.05, 3.63) is 104 Å². The molecule has 13 heteroatoms. The van der Waals surface area contributed by atoms with E-state index in [1.807, 2.05) is 0 Å². The predicted octanol–water partition coefficient (Wildman–Crippen LogP) is 3.49. The zero-order valence-electron chi connectivity index (χ0n) is 18.5. The fraction of sp³-hybridized carbons (Fsp3) is 0.0870. The normalized spacial score (nSPS) is 15.6. The Hall–Kier alpha value is -5.33. The average Bonchev–Trinajstić information content (AvgIpc) is 3.62. The van der Waals surface area contributed by atoms with Crippen LogP contribution in [0.1, 0.15) is 24.2 Å². The van der Waals surface area contributed by atoms with Gasteiger partial charge in [-0.15, -0.1) is 10.2 Å². The van der Waals surface area contributed by atoms with Crippen molar-refractivity contribution in [2.24, 2.45) is 0 Å². The molecule has 36 heavy (non-hydrogen) atoms. The molecule has 4 aromatic rings. The molecule has 0 unspecified atom stereocenters. The van der Waals surface area contributed by atoms with E-state index in [0.29, 0.717) is 46.8 Å². The molecular formula is C23H16N8O5. The number of carbonyl (C=O) groups is 1. The largest absolute Gasteiger partial charge is 0.289 e. The van der Waals surface area contributed by atoms with Crippen molar-refractivity contribution in [3.63, 3.8) is 0 Å². The molecule has 0 aliphatic heterocycles. The number of ketones is 1. The molecule has 0 N–H and O–H groups in total. The van der Waals surface area contributed by atoms with Gasteiger partial charge in [0.1, 0.15) is 11.4 Å². The number of allylic oxidation sites excluding steroid dienone is 2. The maximum atomic E-state index is 12.9. The molecule has 0 amide bonds. The first kappa shape index (κ1) is 22.5. The van der Waals surface area contributed by atoms with E-state index in [2.05, 4.69) is 20.6 Å². The summed E-state index contributed by atoms with van der Waals surface area (Å²) in [7, 11) is 0. The van der Waals surface area contributed by atoms with Gasteiger partial charge in [-0.25, -0.2) is 9.36 Å². The van der Waals surface area contributed by atoms with E-state index >= 15 is 0 Å². The van der Waals surface area contributed by atoms with Crippen LogP contribution >= 0.6 is 0 Å². The Morgan fingerprint density at radius 2 is 1.08 bits per heavy atom. The first-order valence-corrected chi connectivity index (χ1v) is 10.7. The van der Waals surface area contributed by atoms with E-state index in [1.165, 1.54) is 33.6 Å². The van der Waals surface area contributed by atoms with Gasteiger partial charge in [-0.3, -0.25) is 25.0 Å². The van der Waals surface area contributed by atoms with Crippen LogP contribution in [0, 0.1) is 20.2 Å². The molecular weight excluding hydrogens is 468 g/mol. The maximum Gasteiger partial charge on any atom is 0.269 e. The smallest absolute Gasteiger partial charge is 0.269 e. The van der Waals surface area contributed by atoms with E-state index in [0.717, 1.165) is 0 Å². The van der Waals surface area contributed by atoms with E-state index in [4.69, 9.17) is 0 Å². The summed E-state index contributed by atoms with van der Waals surface area (Å²) < 4.78 is 2.95. The summed E-state index contributed by atoms with van der Waals surface area (Å²) in [5.41, 5.74) is 3.30. The zero-order valence-corrected chi connectivity index (χ0v) is 18.5. The molecule has 1 saturated carbocycles. The van der Waals surface area contributed by atoms with Crippen LogP contribution in [0.2, 0.25) is 0 Å². The van der Waals surface area contributed by atoms with E-state index in [9.17, 15) is 25.0 Å². The molecule has 0 saturated heterocycles. The van der Waals surface area contributed by atoms with Crippen molar-refractivity contribution in [1.82, 2.24) is 30.0 Å². The number of hydrogen-bond acceptors (Lipinski definition) is 9. The van der Waals surface area contributed by atoms with Gasteiger partial charge in [-0.05, 0) is 49.3 Å².